The highest BCUT2D eigenvalue weighted by Gasteiger charge is 2.20. The van der Waals surface area contributed by atoms with Crippen molar-refractivity contribution in [3.8, 4) is 11.1 Å². The van der Waals surface area contributed by atoms with E-state index in [4.69, 9.17) is 9.98 Å². The van der Waals surface area contributed by atoms with Crippen LogP contribution in [0.2, 0.25) is 0 Å². The van der Waals surface area contributed by atoms with E-state index < -0.39 is 0 Å². The van der Waals surface area contributed by atoms with Crippen molar-refractivity contribution >= 4 is 11.7 Å². The molecule has 0 bridgehead atoms. The molecule has 1 aliphatic heterocycles. The van der Waals surface area contributed by atoms with Crippen molar-refractivity contribution in [3.05, 3.63) is 139 Å². The number of aliphatic imine (C=N–C) groups is 2. The molecular weight excluding hydrogens is 404 g/mol. The Morgan fingerprint density at radius 3 is 1.76 bits per heavy atom. The molecule has 33 heavy (non-hydrogen) atoms. The Labute approximate surface area is 195 Å². The zero-order valence-corrected chi connectivity index (χ0v) is 18.6. The molecule has 0 radical (unpaired) electrons. The highest BCUT2D eigenvalue weighted by Crippen LogP contribution is 2.25. The Morgan fingerprint density at radius 2 is 1.18 bits per heavy atom. The van der Waals surface area contributed by atoms with Gasteiger partial charge in [0.1, 0.15) is 11.7 Å². The van der Waals surface area contributed by atoms with Gasteiger partial charge in [-0.1, -0.05) is 97.1 Å². The lowest BCUT2D eigenvalue weighted by Crippen LogP contribution is -2.36. The quantitative estimate of drug-likeness (QED) is 0.379. The van der Waals surface area contributed by atoms with Gasteiger partial charge in [0.2, 0.25) is 0 Å². The van der Waals surface area contributed by atoms with Crippen LogP contribution in [0.4, 0.5) is 0 Å². The van der Waals surface area contributed by atoms with E-state index >= 15 is 0 Å². The molecule has 1 atom stereocenters. The summed E-state index contributed by atoms with van der Waals surface area (Å²) < 4.78 is 0. The second kappa shape index (κ2) is 10.8. The van der Waals surface area contributed by atoms with Gasteiger partial charge in [0, 0.05) is 23.5 Å². The third kappa shape index (κ3) is 5.49. The van der Waals surface area contributed by atoms with E-state index in [9.17, 15) is 0 Å². The van der Waals surface area contributed by atoms with Gasteiger partial charge in [-0.25, -0.2) is 9.98 Å². The van der Waals surface area contributed by atoms with Gasteiger partial charge in [-0.15, -0.1) is 6.58 Å². The minimum Gasteiger partial charge on any atom is -0.324 e. The summed E-state index contributed by atoms with van der Waals surface area (Å²) in [7, 11) is 0. The van der Waals surface area contributed by atoms with Gasteiger partial charge >= 0.3 is 0 Å². The summed E-state index contributed by atoms with van der Waals surface area (Å²) in [5.41, 5.74) is 5.35. The molecule has 0 amide bonds. The van der Waals surface area contributed by atoms with Crippen molar-refractivity contribution < 1.29 is 0 Å². The number of hydrogen-bond donors (Lipinski definition) is 1. The number of hydrogen-bond acceptors (Lipinski definition) is 4. The van der Waals surface area contributed by atoms with Crippen molar-refractivity contribution in [2.75, 3.05) is 0 Å². The van der Waals surface area contributed by atoms with Crippen molar-refractivity contribution in [1.29, 1.82) is 0 Å². The smallest absolute Gasteiger partial charge is 0.169 e. The maximum absolute atomic E-state index is 4.91. The largest absolute Gasteiger partial charge is 0.324 e. The zero-order chi connectivity index (χ0) is 22.9. The number of benzene rings is 3. The molecule has 5 rings (SSSR count). The van der Waals surface area contributed by atoms with Crippen molar-refractivity contribution in [3.63, 3.8) is 0 Å². The lowest BCUT2D eigenvalue weighted by Gasteiger charge is -2.22. The van der Waals surface area contributed by atoms with Crippen LogP contribution < -0.4 is 5.32 Å². The van der Waals surface area contributed by atoms with Crippen LogP contribution in [0.15, 0.2) is 132 Å². The van der Waals surface area contributed by atoms with Crippen LogP contribution in [0.5, 0.6) is 0 Å². The van der Waals surface area contributed by atoms with Gasteiger partial charge in [-0.05, 0) is 29.7 Å². The van der Waals surface area contributed by atoms with Crippen LogP contribution in [0.1, 0.15) is 29.8 Å². The first-order chi connectivity index (χ1) is 16.3. The molecule has 2 heterocycles. The van der Waals surface area contributed by atoms with E-state index in [-0.39, 0.29) is 6.17 Å². The monoisotopic (exact) mass is 430 g/mol. The molecule has 162 valence electrons. The number of amidine groups is 2. The first-order valence-electron chi connectivity index (χ1n) is 10.9. The first-order valence-corrected chi connectivity index (χ1v) is 10.9. The van der Waals surface area contributed by atoms with Crippen LogP contribution in [0.25, 0.3) is 11.1 Å². The van der Waals surface area contributed by atoms with Gasteiger partial charge in [-0.3, -0.25) is 4.98 Å². The van der Waals surface area contributed by atoms with Gasteiger partial charge < -0.3 is 5.32 Å². The number of aromatic nitrogens is 1. The molecule has 0 aliphatic carbocycles. The lowest BCUT2D eigenvalue weighted by molar-refractivity contribution is 0.756. The second-order valence-electron chi connectivity index (χ2n) is 7.46. The lowest BCUT2D eigenvalue weighted by atomic mass is 10.0. The van der Waals surface area contributed by atoms with E-state index in [0.717, 1.165) is 39.5 Å². The van der Waals surface area contributed by atoms with Crippen LogP contribution >= 0.6 is 0 Å². The first kappa shape index (κ1) is 21.9. The Hall–Kier alpha value is -4.31. The summed E-state index contributed by atoms with van der Waals surface area (Å²) in [5, 5.41) is 3.43. The molecule has 1 unspecified atom stereocenters. The summed E-state index contributed by atoms with van der Waals surface area (Å²) in [4.78, 5) is 14.0. The fourth-order valence-electron chi connectivity index (χ4n) is 3.47. The number of nitrogens with one attached hydrogen (secondary N) is 1. The Balaban J connectivity index is 0.000000821. The SMILES string of the molecule is C=CC.c1ccc(C2=NC(c3ccccc3)N=C(c3ccc(-c4cccnc4)cc3)N2)cc1. The fourth-order valence-corrected chi connectivity index (χ4v) is 3.47. The molecule has 0 spiro atoms. The zero-order valence-electron chi connectivity index (χ0n) is 18.6. The molecule has 0 saturated carbocycles. The maximum Gasteiger partial charge on any atom is 0.169 e. The van der Waals surface area contributed by atoms with E-state index in [1.54, 1.807) is 12.3 Å². The molecule has 1 aromatic heterocycles. The molecular formula is C29H26N4. The molecule has 4 nitrogen and oxygen atoms in total. The summed E-state index contributed by atoms with van der Waals surface area (Å²) in [6, 6.07) is 32.7. The Kier molecular flexibility index (Phi) is 7.18. The average molecular weight is 431 g/mol. The molecule has 0 saturated heterocycles. The standard InChI is InChI=1S/C26H20N4.C3H6/c1-3-8-20(9-4-1)24-28-25(21-10-5-2-6-11-21)30-26(29-24)22-15-13-19(14-16-22)23-12-7-17-27-18-23;1-3-2/h1-18,24H,(H,28,29,30);3H,1H2,2H3. The highest BCUT2D eigenvalue weighted by atomic mass is 15.2. The Morgan fingerprint density at radius 1 is 0.667 bits per heavy atom. The van der Waals surface area contributed by atoms with E-state index in [1.165, 1.54) is 0 Å². The van der Waals surface area contributed by atoms with E-state index in [1.807, 2.05) is 55.6 Å². The van der Waals surface area contributed by atoms with Crippen molar-refractivity contribution in [2.45, 2.75) is 13.1 Å². The normalized spacial score (nSPS) is 14.6. The summed E-state index contributed by atoms with van der Waals surface area (Å²) in [6.45, 7) is 5.25. The van der Waals surface area contributed by atoms with E-state index in [2.05, 4.69) is 71.5 Å². The van der Waals surface area contributed by atoms with Crippen molar-refractivity contribution in [1.82, 2.24) is 10.3 Å². The Bertz CT molecular complexity index is 1230. The second-order valence-corrected chi connectivity index (χ2v) is 7.46. The highest BCUT2D eigenvalue weighted by molar-refractivity contribution is 6.15. The molecule has 3 aromatic carbocycles. The average Bonchev–Trinajstić information content (AvgIpc) is 2.90. The van der Waals surface area contributed by atoms with Crippen molar-refractivity contribution in [2.24, 2.45) is 9.98 Å². The minimum atomic E-state index is -0.282. The summed E-state index contributed by atoms with van der Waals surface area (Å²) in [6.07, 6.45) is 5.12. The fraction of sp³-hybridized carbons (Fsp3) is 0.0690. The van der Waals surface area contributed by atoms with Gasteiger partial charge in [-0.2, -0.15) is 0 Å². The minimum absolute atomic E-state index is 0.282. The molecule has 4 aromatic rings. The topological polar surface area (TPSA) is 49.6 Å². The van der Waals surface area contributed by atoms with Crippen LogP contribution in [0, 0.1) is 0 Å². The van der Waals surface area contributed by atoms with Crippen LogP contribution in [-0.4, -0.2) is 16.7 Å². The number of pyridine rings is 1. The van der Waals surface area contributed by atoms with Crippen LogP contribution in [0.3, 0.4) is 0 Å². The summed E-state index contributed by atoms with van der Waals surface area (Å²) in [5.74, 6) is 1.64. The third-order valence-corrected chi connectivity index (χ3v) is 5.04. The number of nitrogens with zero attached hydrogens (tertiary/aromatic N) is 3. The third-order valence-electron chi connectivity index (χ3n) is 5.04. The molecule has 0 fully saturated rings. The van der Waals surface area contributed by atoms with Gasteiger partial charge in [0.15, 0.2) is 6.17 Å². The van der Waals surface area contributed by atoms with E-state index in [0.29, 0.717) is 0 Å². The predicted octanol–water partition coefficient (Wildman–Crippen LogP) is 6.44. The van der Waals surface area contributed by atoms with Crippen LogP contribution in [-0.2, 0) is 0 Å². The molecule has 1 N–H and O–H groups in total. The van der Waals surface area contributed by atoms with Gasteiger partial charge in [0.25, 0.3) is 0 Å². The summed E-state index contributed by atoms with van der Waals surface area (Å²) >= 11 is 0. The molecule has 1 aliphatic rings. The van der Waals surface area contributed by atoms with Gasteiger partial charge in [0.05, 0.1) is 0 Å². The molecule has 4 heteroatoms. The predicted molar refractivity (Wildman–Crippen MR) is 137 cm³/mol. The maximum atomic E-state index is 4.91. The number of allylic oxidation sites excluding steroid dienone is 1. The number of rotatable bonds is 4.